The van der Waals surface area contributed by atoms with Crippen LogP contribution in [0.4, 0.5) is 0 Å². The lowest BCUT2D eigenvalue weighted by Crippen LogP contribution is -2.52. The summed E-state index contributed by atoms with van der Waals surface area (Å²) in [4.78, 5) is 34.4. The van der Waals surface area contributed by atoms with Crippen molar-refractivity contribution < 1.29 is 34.2 Å². The molecule has 0 bridgehead atoms. The zero-order chi connectivity index (χ0) is 30.2. The first kappa shape index (κ1) is 38.1. The molecule has 0 aromatic rings. The van der Waals surface area contributed by atoms with Gasteiger partial charge in [0, 0.05) is 19.3 Å². The van der Waals surface area contributed by atoms with Gasteiger partial charge in [-0.15, -0.1) is 0 Å². The molecule has 0 radical (unpaired) electrons. The van der Waals surface area contributed by atoms with Crippen LogP contribution in [0.1, 0.15) is 137 Å². The maximum absolute atomic E-state index is 11.5. The number of quaternary nitrogens is 1. The molecule has 234 valence electrons. The SMILES string of the molecule is CCCCCCC/C=C/CCCCCCCCC[N+](CCC(C)C(=O)O)(CCC(C)C(=O)O)CCC(C)C(=O)O. The van der Waals surface area contributed by atoms with E-state index in [1.807, 2.05) is 0 Å². The number of aliphatic carboxylic acids is 3. The second-order valence-electron chi connectivity index (χ2n) is 12.3. The summed E-state index contributed by atoms with van der Waals surface area (Å²) in [6.45, 7) is 10.1. The predicted molar refractivity (Wildman–Crippen MR) is 163 cm³/mol. The van der Waals surface area contributed by atoms with Crippen molar-refractivity contribution in [3.8, 4) is 0 Å². The summed E-state index contributed by atoms with van der Waals surface area (Å²) in [5, 5.41) is 28.3. The summed E-state index contributed by atoms with van der Waals surface area (Å²) >= 11 is 0. The molecule has 0 fully saturated rings. The minimum absolute atomic E-state index is 0.480. The number of carboxylic acids is 3. The molecule has 0 amide bonds. The zero-order valence-electron chi connectivity index (χ0n) is 26.2. The Morgan fingerprint density at radius 3 is 1.20 bits per heavy atom. The third-order valence-electron chi connectivity index (χ3n) is 8.52. The summed E-state index contributed by atoms with van der Waals surface area (Å²) in [5.41, 5.74) is 0. The van der Waals surface area contributed by atoms with Gasteiger partial charge in [0.15, 0.2) is 0 Å². The molecular weight excluding hydrogens is 506 g/mol. The minimum atomic E-state index is -0.825. The predicted octanol–water partition coefficient (Wildman–Crippen LogP) is 8.17. The molecule has 3 unspecified atom stereocenters. The van der Waals surface area contributed by atoms with Crippen LogP contribution in [-0.2, 0) is 14.4 Å². The van der Waals surface area contributed by atoms with Crippen LogP contribution in [0.5, 0.6) is 0 Å². The minimum Gasteiger partial charge on any atom is -0.481 e. The first-order chi connectivity index (χ1) is 19.0. The summed E-state index contributed by atoms with van der Waals surface area (Å²) in [6.07, 6.45) is 23.5. The Balaban J connectivity index is 4.66. The van der Waals surface area contributed by atoms with E-state index in [0.29, 0.717) is 43.4 Å². The van der Waals surface area contributed by atoms with Gasteiger partial charge in [-0.25, -0.2) is 0 Å². The fourth-order valence-electron chi connectivity index (χ4n) is 5.14. The maximum Gasteiger partial charge on any atom is 0.306 e. The third-order valence-corrected chi connectivity index (χ3v) is 8.52. The molecule has 0 heterocycles. The number of carboxylic acid groups (broad SMARTS) is 3. The molecule has 0 aromatic carbocycles. The highest BCUT2D eigenvalue weighted by Gasteiger charge is 2.31. The van der Waals surface area contributed by atoms with Gasteiger partial charge in [-0.1, -0.05) is 91.2 Å². The highest BCUT2D eigenvalue weighted by Crippen LogP contribution is 2.22. The normalized spacial score (nSPS) is 15.5. The van der Waals surface area contributed by atoms with E-state index in [9.17, 15) is 29.7 Å². The molecule has 0 spiro atoms. The van der Waals surface area contributed by atoms with E-state index in [1.54, 1.807) is 20.8 Å². The van der Waals surface area contributed by atoms with Crippen molar-refractivity contribution in [3.05, 3.63) is 12.2 Å². The molecule has 0 saturated carbocycles. The number of nitrogens with zero attached hydrogens (tertiary/aromatic N) is 1. The lowest BCUT2D eigenvalue weighted by atomic mass is 10.0. The third kappa shape index (κ3) is 20.1. The van der Waals surface area contributed by atoms with Crippen molar-refractivity contribution in [2.24, 2.45) is 17.8 Å². The molecule has 0 aromatic heterocycles. The maximum atomic E-state index is 11.5. The Labute approximate surface area is 245 Å². The number of unbranched alkanes of at least 4 members (excludes halogenated alkanes) is 12. The number of rotatable bonds is 28. The van der Waals surface area contributed by atoms with Gasteiger partial charge in [0.1, 0.15) is 0 Å². The van der Waals surface area contributed by atoms with Crippen molar-refractivity contribution in [2.45, 2.75) is 137 Å². The van der Waals surface area contributed by atoms with Crippen LogP contribution in [0, 0.1) is 17.8 Å². The molecule has 0 aliphatic carbocycles. The van der Waals surface area contributed by atoms with Gasteiger partial charge in [-0.05, 0) is 38.5 Å². The van der Waals surface area contributed by atoms with Crippen molar-refractivity contribution in [1.29, 1.82) is 0 Å². The highest BCUT2D eigenvalue weighted by atomic mass is 16.4. The number of hydrogen-bond donors (Lipinski definition) is 3. The van der Waals surface area contributed by atoms with Gasteiger partial charge in [0.05, 0.1) is 43.9 Å². The van der Waals surface area contributed by atoms with Crippen molar-refractivity contribution in [1.82, 2.24) is 0 Å². The van der Waals surface area contributed by atoms with Crippen molar-refractivity contribution in [3.63, 3.8) is 0 Å². The monoisotopic (exact) mass is 568 g/mol. The number of carbonyl (C=O) groups is 3. The van der Waals surface area contributed by atoms with Gasteiger partial charge < -0.3 is 19.8 Å². The van der Waals surface area contributed by atoms with E-state index in [-0.39, 0.29) is 0 Å². The Morgan fingerprint density at radius 2 is 0.850 bits per heavy atom. The van der Waals surface area contributed by atoms with Crippen molar-refractivity contribution >= 4 is 17.9 Å². The lowest BCUT2D eigenvalue weighted by molar-refractivity contribution is -0.929. The van der Waals surface area contributed by atoms with E-state index >= 15 is 0 Å². The van der Waals surface area contributed by atoms with Gasteiger partial charge in [-0.3, -0.25) is 14.4 Å². The fourth-order valence-corrected chi connectivity index (χ4v) is 5.14. The Kier molecular flexibility index (Phi) is 22.7. The van der Waals surface area contributed by atoms with Gasteiger partial charge >= 0.3 is 17.9 Å². The first-order valence-corrected chi connectivity index (χ1v) is 16.2. The zero-order valence-corrected chi connectivity index (χ0v) is 26.2. The molecule has 3 N–H and O–H groups in total. The van der Waals surface area contributed by atoms with Gasteiger partial charge in [0.2, 0.25) is 0 Å². The van der Waals surface area contributed by atoms with E-state index in [2.05, 4.69) is 19.1 Å². The standard InChI is InChI=1S/C33H61NO6/c1-5-6-7-8-9-10-11-12-13-14-15-16-17-18-19-20-24-34(25-21-28(2)31(35)36,26-22-29(3)32(37)38)27-23-30(4)33(39)40/h11-12,28-30H,5-10,13-27H2,1-4H3,(H2-,35,36,37,38,39,40)/p+1/b12-11+. The summed E-state index contributed by atoms with van der Waals surface area (Å²) in [5.74, 6) is -3.91. The number of allylic oxidation sites excluding steroid dienone is 2. The molecule has 40 heavy (non-hydrogen) atoms. The molecule has 0 saturated heterocycles. The van der Waals surface area contributed by atoms with Crippen LogP contribution in [-0.4, -0.2) is 63.9 Å². The molecule has 0 rings (SSSR count). The molecule has 3 atom stereocenters. The summed E-state index contributed by atoms with van der Waals surface area (Å²) < 4.78 is 0.609. The van der Waals surface area contributed by atoms with Crippen LogP contribution in [0.25, 0.3) is 0 Å². The fraction of sp³-hybridized carbons (Fsp3) is 0.848. The van der Waals surface area contributed by atoms with E-state index in [4.69, 9.17) is 0 Å². The molecule has 0 aliphatic rings. The highest BCUT2D eigenvalue weighted by molar-refractivity contribution is 5.70. The first-order valence-electron chi connectivity index (χ1n) is 16.2. The van der Waals surface area contributed by atoms with Gasteiger partial charge in [-0.2, -0.15) is 0 Å². The van der Waals surface area contributed by atoms with Crippen molar-refractivity contribution in [2.75, 3.05) is 26.2 Å². The average Bonchev–Trinajstić information content (AvgIpc) is 2.92. The van der Waals surface area contributed by atoms with Gasteiger partial charge in [0.25, 0.3) is 0 Å². The van der Waals surface area contributed by atoms with E-state index in [0.717, 1.165) is 25.8 Å². The van der Waals surface area contributed by atoms with Crippen LogP contribution in [0.2, 0.25) is 0 Å². The average molecular weight is 569 g/mol. The van der Waals surface area contributed by atoms with Crippen LogP contribution < -0.4 is 0 Å². The topological polar surface area (TPSA) is 112 Å². The van der Waals surface area contributed by atoms with E-state index < -0.39 is 35.7 Å². The second-order valence-corrected chi connectivity index (χ2v) is 12.3. The lowest BCUT2D eigenvalue weighted by Gasteiger charge is -2.40. The Morgan fingerprint density at radius 1 is 0.525 bits per heavy atom. The quantitative estimate of drug-likeness (QED) is 0.0498. The number of hydrogen-bond acceptors (Lipinski definition) is 3. The van der Waals surface area contributed by atoms with E-state index in [1.165, 1.54) is 70.6 Å². The molecule has 0 aliphatic heterocycles. The van der Waals surface area contributed by atoms with Crippen LogP contribution in [0.3, 0.4) is 0 Å². The van der Waals surface area contributed by atoms with Crippen LogP contribution in [0.15, 0.2) is 12.2 Å². The summed E-state index contributed by atoms with van der Waals surface area (Å²) in [7, 11) is 0. The second kappa shape index (κ2) is 23.8. The molecule has 7 heteroatoms. The largest absolute Gasteiger partial charge is 0.481 e. The molecule has 7 nitrogen and oxygen atoms in total. The molecular formula is C33H62NO6+. The van der Waals surface area contributed by atoms with Crippen LogP contribution >= 0.6 is 0 Å². The summed E-state index contributed by atoms with van der Waals surface area (Å²) in [6, 6.07) is 0. The Hall–Kier alpha value is -1.89. The smallest absolute Gasteiger partial charge is 0.306 e. The Bertz CT molecular complexity index is 647.